The zero-order chi connectivity index (χ0) is 19.5. The maximum Gasteiger partial charge on any atom is 0.255 e. The first-order valence-corrected chi connectivity index (χ1v) is 9.73. The number of carbonyl (C=O) groups excluding carboxylic acids is 2. The molecule has 146 valence electrons. The van der Waals surface area contributed by atoms with Gasteiger partial charge in [-0.3, -0.25) is 9.59 Å². The van der Waals surface area contributed by atoms with E-state index >= 15 is 0 Å². The summed E-state index contributed by atoms with van der Waals surface area (Å²) in [5.41, 5.74) is 2.45. The fourth-order valence-corrected chi connectivity index (χ4v) is 3.47. The van der Waals surface area contributed by atoms with Crippen molar-refractivity contribution in [3.05, 3.63) is 54.1 Å². The van der Waals surface area contributed by atoms with Crippen LogP contribution in [0.15, 0.2) is 48.5 Å². The van der Waals surface area contributed by atoms with Gasteiger partial charge in [-0.25, -0.2) is 0 Å². The monoisotopic (exact) mass is 379 g/mol. The number of amides is 2. The third kappa shape index (κ3) is 4.11. The molecular formula is C22H25N3O3. The van der Waals surface area contributed by atoms with Crippen molar-refractivity contribution in [2.75, 3.05) is 43.5 Å². The smallest absolute Gasteiger partial charge is 0.255 e. The molecule has 0 bridgehead atoms. The Bertz CT molecular complexity index is 836. The van der Waals surface area contributed by atoms with Crippen LogP contribution in [0.2, 0.25) is 0 Å². The van der Waals surface area contributed by atoms with Gasteiger partial charge in [-0.1, -0.05) is 0 Å². The van der Waals surface area contributed by atoms with E-state index in [-0.39, 0.29) is 5.91 Å². The zero-order valence-corrected chi connectivity index (χ0v) is 16.1. The van der Waals surface area contributed by atoms with E-state index in [1.165, 1.54) is 0 Å². The largest absolute Gasteiger partial charge is 0.497 e. The van der Waals surface area contributed by atoms with Crippen LogP contribution in [0.3, 0.4) is 0 Å². The summed E-state index contributed by atoms with van der Waals surface area (Å²) in [5.74, 6) is 1.19. The summed E-state index contributed by atoms with van der Waals surface area (Å²) < 4.78 is 5.11. The predicted octanol–water partition coefficient (Wildman–Crippen LogP) is 3.01. The van der Waals surface area contributed by atoms with Crippen molar-refractivity contribution in [2.45, 2.75) is 12.8 Å². The third-order valence-electron chi connectivity index (χ3n) is 5.36. The topological polar surface area (TPSA) is 61.9 Å². The molecule has 2 aromatic rings. The molecule has 2 fully saturated rings. The van der Waals surface area contributed by atoms with E-state index in [0.29, 0.717) is 17.4 Å². The number of hydrogen-bond donors (Lipinski definition) is 1. The first-order chi connectivity index (χ1) is 13.6. The van der Waals surface area contributed by atoms with Gasteiger partial charge in [-0.15, -0.1) is 0 Å². The normalized spacial score (nSPS) is 16.6. The van der Waals surface area contributed by atoms with Gasteiger partial charge >= 0.3 is 0 Å². The molecule has 1 heterocycles. The molecule has 6 heteroatoms. The van der Waals surface area contributed by atoms with Gasteiger partial charge in [-0.05, 0) is 61.4 Å². The average molecular weight is 379 g/mol. The number of piperazine rings is 1. The molecule has 0 radical (unpaired) electrons. The molecule has 4 rings (SSSR count). The van der Waals surface area contributed by atoms with E-state index in [0.717, 1.165) is 56.1 Å². The van der Waals surface area contributed by atoms with E-state index < -0.39 is 0 Å². The van der Waals surface area contributed by atoms with Gasteiger partial charge < -0.3 is 19.9 Å². The Hall–Kier alpha value is -3.02. The van der Waals surface area contributed by atoms with Gasteiger partial charge in [0.1, 0.15) is 5.75 Å². The minimum atomic E-state index is -0.150. The van der Waals surface area contributed by atoms with Gasteiger partial charge in [0, 0.05) is 49.0 Å². The van der Waals surface area contributed by atoms with Crippen molar-refractivity contribution in [1.29, 1.82) is 0 Å². The van der Waals surface area contributed by atoms with Crippen LogP contribution in [0.25, 0.3) is 0 Å². The Labute approximate surface area is 165 Å². The maximum absolute atomic E-state index is 12.4. The third-order valence-corrected chi connectivity index (χ3v) is 5.36. The second-order valence-corrected chi connectivity index (χ2v) is 7.32. The summed E-state index contributed by atoms with van der Waals surface area (Å²) >= 11 is 0. The molecule has 2 amide bonds. The molecule has 2 aliphatic rings. The number of nitrogens with one attached hydrogen (secondary N) is 1. The number of benzene rings is 2. The number of anilines is 2. The molecule has 1 aliphatic carbocycles. The number of nitrogens with zero attached hydrogens (tertiary/aromatic N) is 2. The highest BCUT2D eigenvalue weighted by Gasteiger charge is 2.34. The summed E-state index contributed by atoms with van der Waals surface area (Å²) in [6, 6.07) is 14.9. The minimum absolute atomic E-state index is 0.150. The van der Waals surface area contributed by atoms with Crippen LogP contribution in [0.4, 0.5) is 11.4 Å². The lowest BCUT2D eigenvalue weighted by Gasteiger charge is -2.36. The van der Waals surface area contributed by atoms with Crippen LogP contribution in [-0.4, -0.2) is 50.0 Å². The molecule has 0 spiro atoms. The van der Waals surface area contributed by atoms with E-state index in [9.17, 15) is 9.59 Å². The summed E-state index contributed by atoms with van der Waals surface area (Å²) in [6.45, 7) is 3.25. The zero-order valence-electron chi connectivity index (χ0n) is 16.1. The number of ether oxygens (including phenoxy) is 1. The van der Waals surface area contributed by atoms with Crippen LogP contribution in [0.1, 0.15) is 23.2 Å². The van der Waals surface area contributed by atoms with Crippen LogP contribution in [-0.2, 0) is 4.79 Å². The van der Waals surface area contributed by atoms with Crippen molar-refractivity contribution in [2.24, 2.45) is 5.92 Å². The van der Waals surface area contributed by atoms with Gasteiger partial charge in [0.05, 0.1) is 7.11 Å². The number of methoxy groups -OCH3 is 1. The van der Waals surface area contributed by atoms with E-state index in [2.05, 4.69) is 10.2 Å². The van der Waals surface area contributed by atoms with Gasteiger partial charge in [0.15, 0.2) is 0 Å². The molecule has 2 aromatic carbocycles. The number of hydrogen-bond acceptors (Lipinski definition) is 4. The van der Waals surface area contributed by atoms with E-state index in [4.69, 9.17) is 4.74 Å². The second-order valence-electron chi connectivity index (χ2n) is 7.32. The molecule has 28 heavy (non-hydrogen) atoms. The molecule has 1 saturated heterocycles. The second kappa shape index (κ2) is 7.92. The lowest BCUT2D eigenvalue weighted by atomic mass is 10.2. The van der Waals surface area contributed by atoms with Gasteiger partial charge in [0.2, 0.25) is 5.91 Å². The minimum Gasteiger partial charge on any atom is -0.497 e. The molecule has 1 N–H and O–H groups in total. The summed E-state index contributed by atoms with van der Waals surface area (Å²) in [4.78, 5) is 28.8. The highest BCUT2D eigenvalue weighted by molar-refractivity contribution is 6.04. The SMILES string of the molecule is COc1ccc(C(=O)Nc2ccc(N3CCN(C(=O)C4CC4)CC3)cc2)cc1. The van der Waals surface area contributed by atoms with Crippen molar-refractivity contribution < 1.29 is 14.3 Å². The molecule has 1 saturated carbocycles. The predicted molar refractivity (Wildman–Crippen MR) is 109 cm³/mol. The molecule has 0 unspecified atom stereocenters. The van der Waals surface area contributed by atoms with Gasteiger partial charge in [-0.2, -0.15) is 0 Å². The summed E-state index contributed by atoms with van der Waals surface area (Å²) in [6.07, 6.45) is 2.12. The van der Waals surface area contributed by atoms with Gasteiger partial charge in [0.25, 0.3) is 5.91 Å². The van der Waals surface area contributed by atoms with Crippen LogP contribution in [0, 0.1) is 5.92 Å². The van der Waals surface area contributed by atoms with E-state index in [1.807, 2.05) is 29.2 Å². The first-order valence-electron chi connectivity index (χ1n) is 9.73. The standard InChI is InChI=1S/C22H25N3O3/c1-28-20-10-4-16(5-11-20)21(26)23-18-6-8-19(9-7-18)24-12-14-25(15-13-24)22(27)17-2-3-17/h4-11,17H,2-3,12-15H2,1H3,(H,23,26). The summed E-state index contributed by atoms with van der Waals surface area (Å²) in [5, 5.41) is 2.92. The Morgan fingerprint density at radius 3 is 2.14 bits per heavy atom. The maximum atomic E-state index is 12.4. The van der Waals surface area contributed by atoms with Crippen LogP contribution < -0.4 is 15.0 Å². The lowest BCUT2D eigenvalue weighted by Crippen LogP contribution is -2.49. The van der Waals surface area contributed by atoms with Crippen LogP contribution >= 0.6 is 0 Å². The Morgan fingerprint density at radius 1 is 0.929 bits per heavy atom. The molecule has 0 aromatic heterocycles. The number of carbonyl (C=O) groups is 2. The average Bonchev–Trinajstić information content (AvgIpc) is 3.59. The fraction of sp³-hybridized carbons (Fsp3) is 0.364. The number of rotatable bonds is 5. The quantitative estimate of drug-likeness (QED) is 0.868. The Morgan fingerprint density at radius 2 is 1.57 bits per heavy atom. The fourth-order valence-electron chi connectivity index (χ4n) is 3.47. The molecule has 1 aliphatic heterocycles. The first kappa shape index (κ1) is 18.3. The van der Waals surface area contributed by atoms with Crippen molar-refractivity contribution >= 4 is 23.2 Å². The lowest BCUT2D eigenvalue weighted by molar-refractivity contribution is -0.132. The highest BCUT2D eigenvalue weighted by atomic mass is 16.5. The molecule has 0 atom stereocenters. The molecular weight excluding hydrogens is 354 g/mol. The van der Waals surface area contributed by atoms with E-state index in [1.54, 1.807) is 31.4 Å². The van der Waals surface area contributed by atoms with Crippen LogP contribution in [0.5, 0.6) is 5.75 Å². The molecule has 6 nitrogen and oxygen atoms in total. The summed E-state index contributed by atoms with van der Waals surface area (Å²) in [7, 11) is 1.60. The van der Waals surface area contributed by atoms with Crippen molar-refractivity contribution in [1.82, 2.24) is 4.90 Å². The Kier molecular flexibility index (Phi) is 5.19. The highest BCUT2D eigenvalue weighted by Crippen LogP contribution is 2.31. The van der Waals surface area contributed by atoms with Crippen molar-refractivity contribution in [3.63, 3.8) is 0 Å². The Balaban J connectivity index is 1.32. The van der Waals surface area contributed by atoms with Crippen molar-refractivity contribution in [3.8, 4) is 5.75 Å².